The summed E-state index contributed by atoms with van der Waals surface area (Å²) in [7, 11) is 0. The van der Waals surface area contributed by atoms with Crippen LogP contribution in [-0.2, 0) is 0 Å². The molecule has 17 heavy (non-hydrogen) atoms. The highest BCUT2D eigenvalue weighted by Gasteiger charge is 2.21. The molecule has 1 aromatic heterocycles. The highest BCUT2D eigenvalue weighted by atomic mass is 15.4. The molecule has 0 aromatic carbocycles. The number of piperidine rings is 1. The van der Waals surface area contributed by atoms with E-state index in [0.717, 1.165) is 13.1 Å². The van der Waals surface area contributed by atoms with E-state index in [-0.39, 0.29) is 0 Å². The first kappa shape index (κ1) is 11.2. The smallest absolute Gasteiger partial charge is 0.0858 e. The van der Waals surface area contributed by atoms with Crippen molar-refractivity contribution in [2.45, 2.75) is 56.9 Å². The van der Waals surface area contributed by atoms with E-state index in [4.69, 9.17) is 0 Å². The second-order valence-electron chi connectivity index (χ2n) is 5.44. The molecule has 2 fully saturated rings. The predicted octanol–water partition coefficient (Wildman–Crippen LogP) is 2.25. The third-order valence-electron chi connectivity index (χ3n) is 4.23. The zero-order chi connectivity index (χ0) is 11.5. The van der Waals surface area contributed by atoms with E-state index in [2.05, 4.69) is 26.5 Å². The fourth-order valence-electron chi connectivity index (χ4n) is 3.13. The van der Waals surface area contributed by atoms with Crippen molar-refractivity contribution < 1.29 is 0 Å². The molecule has 0 radical (unpaired) electrons. The minimum atomic E-state index is 0.570. The van der Waals surface area contributed by atoms with Crippen LogP contribution in [0, 0.1) is 0 Å². The van der Waals surface area contributed by atoms with Crippen LogP contribution in [0.3, 0.4) is 0 Å². The van der Waals surface area contributed by atoms with E-state index in [9.17, 15) is 0 Å². The highest BCUT2D eigenvalue weighted by molar-refractivity contribution is 5.03. The van der Waals surface area contributed by atoms with Crippen molar-refractivity contribution in [3.8, 4) is 0 Å². The maximum Gasteiger partial charge on any atom is 0.0858 e. The quantitative estimate of drug-likeness (QED) is 0.853. The minimum Gasteiger partial charge on any atom is -0.317 e. The average molecular weight is 234 g/mol. The van der Waals surface area contributed by atoms with Gasteiger partial charge >= 0.3 is 0 Å². The summed E-state index contributed by atoms with van der Waals surface area (Å²) < 4.78 is 2.12. The molecule has 4 nitrogen and oxygen atoms in total. The van der Waals surface area contributed by atoms with Crippen molar-refractivity contribution in [3.05, 3.63) is 11.9 Å². The Bertz CT molecular complexity index is 316. The van der Waals surface area contributed by atoms with Crippen molar-refractivity contribution >= 4 is 0 Å². The van der Waals surface area contributed by atoms with Crippen LogP contribution in [0.25, 0.3) is 0 Å². The fraction of sp³-hybridized carbons (Fsp3) is 0.846. The molecule has 1 saturated carbocycles. The van der Waals surface area contributed by atoms with Gasteiger partial charge in [0.25, 0.3) is 0 Å². The molecule has 2 heterocycles. The molecule has 0 spiro atoms. The van der Waals surface area contributed by atoms with E-state index < -0.39 is 0 Å². The molecule has 0 bridgehead atoms. The first-order chi connectivity index (χ1) is 8.43. The lowest BCUT2D eigenvalue weighted by molar-refractivity contribution is 0.337. The molecular weight excluding hydrogens is 212 g/mol. The summed E-state index contributed by atoms with van der Waals surface area (Å²) in [4.78, 5) is 0. The number of nitrogens with one attached hydrogen (secondary N) is 1. The molecule has 2 aliphatic rings. The Morgan fingerprint density at radius 2 is 1.82 bits per heavy atom. The van der Waals surface area contributed by atoms with Gasteiger partial charge in [0.15, 0.2) is 0 Å². The third kappa shape index (κ3) is 2.51. The summed E-state index contributed by atoms with van der Waals surface area (Å²) in [6.07, 6.45) is 11.3. The fourth-order valence-corrected chi connectivity index (χ4v) is 3.13. The van der Waals surface area contributed by atoms with E-state index in [0.29, 0.717) is 12.0 Å². The van der Waals surface area contributed by atoms with Gasteiger partial charge in [-0.25, -0.2) is 4.68 Å². The van der Waals surface area contributed by atoms with Crippen LogP contribution in [0.15, 0.2) is 6.20 Å². The number of nitrogens with zero attached hydrogens (tertiary/aromatic N) is 3. The Hall–Kier alpha value is -0.900. The van der Waals surface area contributed by atoms with Gasteiger partial charge in [-0.3, -0.25) is 0 Å². The number of rotatable bonds is 2. The molecular formula is C13H22N4. The summed E-state index contributed by atoms with van der Waals surface area (Å²) in [5.74, 6) is 0.680. The van der Waals surface area contributed by atoms with Crippen LogP contribution in [0.5, 0.6) is 0 Å². The summed E-state index contributed by atoms with van der Waals surface area (Å²) >= 11 is 0. The monoisotopic (exact) mass is 234 g/mol. The van der Waals surface area contributed by atoms with E-state index in [1.807, 2.05) is 0 Å². The second kappa shape index (κ2) is 5.17. The summed E-state index contributed by atoms with van der Waals surface area (Å²) in [5, 5.41) is 12.2. The van der Waals surface area contributed by atoms with Crippen molar-refractivity contribution in [2.24, 2.45) is 0 Å². The minimum absolute atomic E-state index is 0.570. The molecule has 1 saturated heterocycles. The molecule has 0 unspecified atom stereocenters. The SMILES string of the molecule is c1c(C2CCCCC2)nnn1C1CCNCC1. The maximum atomic E-state index is 4.41. The second-order valence-corrected chi connectivity index (χ2v) is 5.44. The first-order valence-electron chi connectivity index (χ1n) is 7.06. The third-order valence-corrected chi connectivity index (χ3v) is 4.23. The van der Waals surface area contributed by atoms with Gasteiger partial charge in [0, 0.05) is 12.1 Å². The van der Waals surface area contributed by atoms with Gasteiger partial charge < -0.3 is 5.32 Å². The van der Waals surface area contributed by atoms with E-state index >= 15 is 0 Å². The van der Waals surface area contributed by atoms with Crippen molar-refractivity contribution in [3.63, 3.8) is 0 Å². The van der Waals surface area contributed by atoms with Gasteiger partial charge in [-0.2, -0.15) is 0 Å². The van der Waals surface area contributed by atoms with Gasteiger partial charge in [0.05, 0.1) is 11.7 Å². The molecule has 1 N–H and O–H groups in total. The lowest BCUT2D eigenvalue weighted by Crippen LogP contribution is -2.29. The number of hydrogen-bond acceptors (Lipinski definition) is 3. The molecule has 0 amide bonds. The molecule has 1 aromatic rings. The van der Waals surface area contributed by atoms with Crippen LogP contribution >= 0.6 is 0 Å². The zero-order valence-corrected chi connectivity index (χ0v) is 10.4. The van der Waals surface area contributed by atoms with E-state index in [1.54, 1.807) is 0 Å². The largest absolute Gasteiger partial charge is 0.317 e. The summed E-state index contributed by atoms with van der Waals surface area (Å²) in [5.41, 5.74) is 1.24. The van der Waals surface area contributed by atoms with Crippen LogP contribution in [0.2, 0.25) is 0 Å². The van der Waals surface area contributed by atoms with Crippen LogP contribution in [0.1, 0.15) is 62.6 Å². The molecule has 0 atom stereocenters. The Morgan fingerprint density at radius 3 is 2.59 bits per heavy atom. The Morgan fingerprint density at radius 1 is 1.06 bits per heavy atom. The molecule has 4 heteroatoms. The van der Waals surface area contributed by atoms with Crippen molar-refractivity contribution in [1.29, 1.82) is 0 Å². The van der Waals surface area contributed by atoms with Gasteiger partial charge in [0.1, 0.15) is 0 Å². The molecule has 1 aliphatic heterocycles. The van der Waals surface area contributed by atoms with Gasteiger partial charge in [0.2, 0.25) is 0 Å². The maximum absolute atomic E-state index is 4.41. The Labute approximate surface area is 103 Å². The lowest BCUT2D eigenvalue weighted by Gasteiger charge is -2.22. The standard InChI is InChI=1S/C13H22N4/c1-2-4-11(5-3-1)13-10-17(16-15-13)12-6-8-14-9-7-12/h10-12,14H,1-9H2. The Balaban J connectivity index is 1.68. The summed E-state index contributed by atoms with van der Waals surface area (Å²) in [6, 6.07) is 0.570. The summed E-state index contributed by atoms with van der Waals surface area (Å²) in [6.45, 7) is 2.23. The van der Waals surface area contributed by atoms with Gasteiger partial charge in [-0.1, -0.05) is 24.5 Å². The zero-order valence-electron chi connectivity index (χ0n) is 10.4. The van der Waals surface area contributed by atoms with Crippen molar-refractivity contribution in [1.82, 2.24) is 20.3 Å². The Kier molecular flexibility index (Phi) is 3.41. The molecule has 94 valence electrons. The van der Waals surface area contributed by atoms with Gasteiger partial charge in [-0.15, -0.1) is 5.10 Å². The lowest BCUT2D eigenvalue weighted by atomic mass is 9.87. The number of hydrogen-bond donors (Lipinski definition) is 1. The van der Waals surface area contributed by atoms with Gasteiger partial charge in [-0.05, 0) is 38.8 Å². The van der Waals surface area contributed by atoms with Crippen LogP contribution in [-0.4, -0.2) is 28.1 Å². The topological polar surface area (TPSA) is 42.7 Å². The number of aromatic nitrogens is 3. The normalized spacial score (nSPS) is 24.0. The molecule has 3 rings (SSSR count). The first-order valence-corrected chi connectivity index (χ1v) is 7.06. The average Bonchev–Trinajstić information content (AvgIpc) is 2.90. The van der Waals surface area contributed by atoms with E-state index in [1.165, 1.54) is 50.6 Å². The molecule has 1 aliphatic carbocycles. The van der Waals surface area contributed by atoms with Crippen molar-refractivity contribution in [2.75, 3.05) is 13.1 Å². The van der Waals surface area contributed by atoms with Crippen LogP contribution in [0.4, 0.5) is 0 Å². The predicted molar refractivity (Wildman–Crippen MR) is 67.0 cm³/mol. The van der Waals surface area contributed by atoms with Crippen LogP contribution < -0.4 is 5.32 Å². The highest BCUT2D eigenvalue weighted by Crippen LogP contribution is 2.31.